The van der Waals surface area contributed by atoms with Crippen LogP contribution in [0.4, 0.5) is 0 Å². The number of likely N-dealkylation sites (tertiary alicyclic amines) is 1. The first-order valence-corrected chi connectivity index (χ1v) is 4.16. The van der Waals surface area contributed by atoms with E-state index in [2.05, 4.69) is 31.5 Å². The zero-order chi connectivity index (χ0) is 6.85. The maximum atomic E-state index is 4.25. The molecule has 0 aromatic carbocycles. The molecule has 0 aromatic heterocycles. The molecule has 0 radical (unpaired) electrons. The molecule has 2 heteroatoms. The lowest BCUT2D eigenvalue weighted by Gasteiger charge is -2.39. The SMILES string of the molecule is CC(CS)C1CN(C)C1. The molecule has 9 heavy (non-hydrogen) atoms. The van der Waals surface area contributed by atoms with E-state index in [1.54, 1.807) is 0 Å². The van der Waals surface area contributed by atoms with Gasteiger partial charge in [0.25, 0.3) is 0 Å². The first kappa shape index (κ1) is 7.42. The van der Waals surface area contributed by atoms with Gasteiger partial charge in [-0.3, -0.25) is 0 Å². The van der Waals surface area contributed by atoms with Gasteiger partial charge in [-0.25, -0.2) is 0 Å². The number of nitrogens with zero attached hydrogens (tertiary/aromatic N) is 1. The number of hydrogen-bond acceptors (Lipinski definition) is 2. The monoisotopic (exact) mass is 145 g/mol. The third-order valence-corrected chi connectivity index (χ3v) is 2.76. The lowest BCUT2D eigenvalue weighted by Crippen LogP contribution is -2.47. The minimum absolute atomic E-state index is 0.810. The van der Waals surface area contributed by atoms with E-state index in [-0.39, 0.29) is 0 Å². The summed E-state index contributed by atoms with van der Waals surface area (Å²) in [6.07, 6.45) is 0. The lowest BCUT2D eigenvalue weighted by atomic mass is 9.89. The molecular weight excluding hydrogens is 130 g/mol. The van der Waals surface area contributed by atoms with E-state index in [1.165, 1.54) is 13.1 Å². The first-order chi connectivity index (χ1) is 4.24. The van der Waals surface area contributed by atoms with Gasteiger partial charge in [0, 0.05) is 13.1 Å². The molecule has 1 fully saturated rings. The molecular formula is C7H15NS. The molecule has 0 N–H and O–H groups in total. The predicted octanol–water partition coefficient (Wildman–Crippen LogP) is 1.11. The third kappa shape index (κ3) is 1.62. The van der Waals surface area contributed by atoms with Crippen LogP contribution < -0.4 is 0 Å². The Labute approximate surface area is 62.8 Å². The van der Waals surface area contributed by atoms with Crippen LogP contribution in [0.5, 0.6) is 0 Å². The van der Waals surface area contributed by atoms with E-state index < -0.39 is 0 Å². The average Bonchev–Trinajstić information content (AvgIpc) is 1.79. The Morgan fingerprint density at radius 2 is 2.22 bits per heavy atom. The van der Waals surface area contributed by atoms with Gasteiger partial charge in [-0.05, 0) is 24.6 Å². The smallest absolute Gasteiger partial charge is 0.00218 e. The van der Waals surface area contributed by atoms with Crippen LogP contribution in [0.15, 0.2) is 0 Å². The van der Waals surface area contributed by atoms with E-state index in [0.717, 1.165) is 17.6 Å². The lowest BCUT2D eigenvalue weighted by molar-refractivity contribution is 0.0985. The molecule has 0 aliphatic carbocycles. The summed E-state index contributed by atoms with van der Waals surface area (Å²) < 4.78 is 0. The summed E-state index contributed by atoms with van der Waals surface area (Å²) in [5, 5.41) is 0. The zero-order valence-corrected chi connectivity index (χ0v) is 7.06. The van der Waals surface area contributed by atoms with Crippen LogP contribution in [-0.4, -0.2) is 30.8 Å². The van der Waals surface area contributed by atoms with Crippen LogP contribution in [-0.2, 0) is 0 Å². The van der Waals surface area contributed by atoms with Crippen molar-refractivity contribution in [2.75, 3.05) is 25.9 Å². The van der Waals surface area contributed by atoms with Crippen LogP contribution in [0.1, 0.15) is 6.92 Å². The van der Waals surface area contributed by atoms with E-state index in [9.17, 15) is 0 Å². The van der Waals surface area contributed by atoms with Crippen molar-refractivity contribution in [3.63, 3.8) is 0 Å². The maximum absolute atomic E-state index is 4.25. The van der Waals surface area contributed by atoms with Gasteiger partial charge in [-0.15, -0.1) is 0 Å². The highest BCUT2D eigenvalue weighted by Crippen LogP contribution is 2.22. The molecule has 0 saturated carbocycles. The van der Waals surface area contributed by atoms with Gasteiger partial charge in [-0.2, -0.15) is 12.6 Å². The summed E-state index contributed by atoms with van der Waals surface area (Å²) in [7, 11) is 2.17. The molecule has 1 rings (SSSR count). The topological polar surface area (TPSA) is 3.24 Å². The van der Waals surface area contributed by atoms with Gasteiger partial charge in [0.2, 0.25) is 0 Å². The molecule has 54 valence electrons. The van der Waals surface area contributed by atoms with E-state index >= 15 is 0 Å². The second kappa shape index (κ2) is 2.93. The molecule has 1 heterocycles. The Hall–Kier alpha value is 0.310. The average molecular weight is 145 g/mol. The van der Waals surface area contributed by atoms with Crippen LogP contribution in [0.25, 0.3) is 0 Å². The van der Waals surface area contributed by atoms with Gasteiger partial charge in [0.15, 0.2) is 0 Å². The predicted molar refractivity (Wildman–Crippen MR) is 44.0 cm³/mol. The number of rotatable bonds is 2. The zero-order valence-electron chi connectivity index (χ0n) is 6.17. The molecule has 1 aliphatic rings. The van der Waals surface area contributed by atoms with Crippen molar-refractivity contribution in [2.24, 2.45) is 11.8 Å². The molecule has 0 bridgehead atoms. The van der Waals surface area contributed by atoms with Gasteiger partial charge in [0.05, 0.1) is 0 Å². The van der Waals surface area contributed by atoms with Crippen LogP contribution in [0.3, 0.4) is 0 Å². The van der Waals surface area contributed by atoms with Gasteiger partial charge >= 0.3 is 0 Å². The molecule has 1 saturated heterocycles. The summed E-state index contributed by atoms with van der Waals surface area (Å²) in [6.45, 7) is 4.84. The number of thiol groups is 1. The maximum Gasteiger partial charge on any atom is 0.00218 e. The summed E-state index contributed by atoms with van der Waals surface area (Å²) >= 11 is 4.25. The van der Waals surface area contributed by atoms with Crippen LogP contribution in [0, 0.1) is 11.8 Å². The molecule has 0 aromatic rings. The fraction of sp³-hybridized carbons (Fsp3) is 1.00. The Balaban J connectivity index is 2.15. The second-order valence-electron chi connectivity index (χ2n) is 3.14. The van der Waals surface area contributed by atoms with Crippen LogP contribution >= 0.6 is 12.6 Å². The highest BCUT2D eigenvalue weighted by molar-refractivity contribution is 7.80. The second-order valence-corrected chi connectivity index (χ2v) is 3.51. The fourth-order valence-corrected chi connectivity index (χ4v) is 1.55. The Morgan fingerprint density at radius 3 is 2.56 bits per heavy atom. The summed E-state index contributed by atoms with van der Waals surface area (Å²) in [4.78, 5) is 2.35. The minimum Gasteiger partial charge on any atom is -0.306 e. The molecule has 1 nitrogen and oxygen atoms in total. The summed E-state index contributed by atoms with van der Waals surface area (Å²) in [5.74, 6) is 2.77. The molecule has 0 amide bonds. The Morgan fingerprint density at radius 1 is 1.67 bits per heavy atom. The first-order valence-electron chi connectivity index (χ1n) is 3.53. The van der Waals surface area contributed by atoms with Crippen molar-refractivity contribution in [3.8, 4) is 0 Å². The minimum atomic E-state index is 0.810. The largest absolute Gasteiger partial charge is 0.306 e. The summed E-state index contributed by atoms with van der Waals surface area (Å²) in [5.41, 5.74) is 0. The van der Waals surface area contributed by atoms with Crippen molar-refractivity contribution in [1.29, 1.82) is 0 Å². The molecule has 1 unspecified atom stereocenters. The highest BCUT2D eigenvalue weighted by atomic mass is 32.1. The normalized spacial score (nSPS) is 25.7. The standard InChI is InChI=1S/C7H15NS/c1-6(5-9)7-3-8(2)4-7/h6-7,9H,3-5H2,1-2H3. The van der Waals surface area contributed by atoms with Crippen molar-refractivity contribution in [2.45, 2.75) is 6.92 Å². The fourth-order valence-electron chi connectivity index (χ4n) is 1.26. The van der Waals surface area contributed by atoms with Crippen molar-refractivity contribution in [3.05, 3.63) is 0 Å². The molecule has 1 aliphatic heterocycles. The van der Waals surface area contributed by atoms with Crippen molar-refractivity contribution in [1.82, 2.24) is 4.90 Å². The third-order valence-electron chi connectivity index (χ3n) is 2.19. The summed E-state index contributed by atoms with van der Waals surface area (Å²) in [6, 6.07) is 0. The van der Waals surface area contributed by atoms with Crippen molar-refractivity contribution >= 4 is 12.6 Å². The van der Waals surface area contributed by atoms with E-state index in [0.29, 0.717) is 0 Å². The van der Waals surface area contributed by atoms with Gasteiger partial charge in [0.1, 0.15) is 0 Å². The number of hydrogen-bond donors (Lipinski definition) is 1. The van der Waals surface area contributed by atoms with E-state index in [4.69, 9.17) is 0 Å². The van der Waals surface area contributed by atoms with Gasteiger partial charge in [-0.1, -0.05) is 6.92 Å². The van der Waals surface area contributed by atoms with Gasteiger partial charge < -0.3 is 4.90 Å². The Kier molecular flexibility index (Phi) is 2.42. The molecule has 0 spiro atoms. The Bertz CT molecular complexity index is 88.9. The molecule has 1 atom stereocenters. The van der Waals surface area contributed by atoms with Crippen molar-refractivity contribution < 1.29 is 0 Å². The highest BCUT2D eigenvalue weighted by Gasteiger charge is 2.27. The van der Waals surface area contributed by atoms with Crippen LogP contribution in [0.2, 0.25) is 0 Å². The quantitative estimate of drug-likeness (QED) is 0.570. The van der Waals surface area contributed by atoms with E-state index in [1.807, 2.05) is 0 Å².